The lowest BCUT2D eigenvalue weighted by Crippen LogP contribution is -2.71. The zero-order valence-corrected chi connectivity index (χ0v) is 20.9. The molecule has 2 aliphatic heterocycles. The maximum absolute atomic E-state index is 13.1. The molecule has 0 radical (unpaired) electrons. The normalized spacial score (nSPS) is 19.8. The number of hydrogen-bond donors (Lipinski definition) is 2. The summed E-state index contributed by atoms with van der Waals surface area (Å²) in [6.45, 7) is 2.28. The molecule has 1 aromatic heterocycles. The van der Waals surface area contributed by atoms with Crippen molar-refractivity contribution < 1.29 is 28.8 Å². The average Bonchev–Trinajstić information content (AvgIpc) is 3.43. The van der Waals surface area contributed by atoms with Gasteiger partial charge in [-0.15, -0.1) is 11.8 Å². The van der Waals surface area contributed by atoms with E-state index in [1.54, 1.807) is 11.4 Å². The number of rotatable bonds is 10. The van der Waals surface area contributed by atoms with Crippen molar-refractivity contribution in [3.63, 3.8) is 0 Å². The molecule has 0 saturated carbocycles. The van der Waals surface area contributed by atoms with Crippen LogP contribution in [0.3, 0.4) is 0 Å². The highest BCUT2D eigenvalue weighted by molar-refractivity contribution is 8.00. The molecule has 1 aromatic carbocycles. The molecule has 0 aliphatic carbocycles. The summed E-state index contributed by atoms with van der Waals surface area (Å²) in [5.74, 6) is -1.20. The maximum atomic E-state index is 13.1. The average molecular weight is 533 g/mol. The molecule has 11 nitrogen and oxygen atoms in total. The van der Waals surface area contributed by atoms with Crippen molar-refractivity contribution in [1.82, 2.24) is 10.2 Å². The first-order valence-electron chi connectivity index (χ1n) is 11.0. The maximum Gasteiger partial charge on any atom is 0.355 e. The topological polar surface area (TPSA) is 154 Å². The zero-order valence-electron chi connectivity index (χ0n) is 19.2. The monoisotopic (exact) mass is 532 g/mol. The fourth-order valence-electron chi connectivity index (χ4n) is 3.79. The number of nitro benzene ring substituents is 1. The minimum Gasteiger partial charge on any atom is -0.456 e. The SMILES string of the molecule is CCOCC1=C(C(=O)OCc2ccc([N+](=O)[O-])cc2)N2C(=O)C(NC(=O)C(N)c3ccsc3)[C@@H]2SC1. The van der Waals surface area contributed by atoms with E-state index >= 15 is 0 Å². The number of hydrogen-bond acceptors (Lipinski definition) is 10. The fraction of sp³-hybridized carbons (Fsp3) is 0.348. The van der Waals surface area contributed by atoms with Crippen molar-refractivity contribution >= 4 is 46.6 Å². The predicted molar refractivity (Wildman–Crippen MR) is 133 cm³/mol. The number of β-lactam (4-membered cyclic amide) rings is 1. The van der Waals surface area contributed by atoms with E-state index < -0.39 is 40.2 Å². The van der Waals surface area contributed by atoms with Crippen LogP contribution in [0.15, 0.2) is 52.4 Å². The minimum absolute atomic E-state index is 0.0723. The van der Waals surface area contributed by atoms with E-state index in [0.717, 1.165) is 0 Å². The zero-order chi connectivity index (χ0) is 25.8. The van der Waals surface area contributed by atoms with Crippen molar-refractivity contribution in [2.75, 3.05) is 19.0 Å². The number of non-ortho nitro benzene ring substituents is 1. The Morgan fingerprint density at radius 3 is 2.67 bits per heavy atom. The predicted octanol–water partition coefficient (Wildman–Crippen LogP) is 2.09. The first-order valence-corrected chi connectivity index (χ1v) is 13.0. The molecule has 0 bridgehead atoms. The lowest BCUT2D eigenvalue weighted by Gasteiger charge is -2.49. The summed E-state index contributed by atoms with van der Waals surface area (Å²) in [4.78, 5) is 50.4. The first kappa shape index (κ1) is 25.8. The Bertz CT molecular complexity index is 1180. The molecule has 0 spiro atoms. The molecular weight excluding hydrogens is 508 g/mol. The van der Waals surface area contributed by atoms with Crippen molar-refractivity contribution in [3.8, 4) is 0 Å². The third kappa shape index (κ3) is 5.28. The van der Waals surface area contributed by atoms with Gasteiger partial charge in [-0.1, -0.05) is 0 Å². The van der Waals surface area contributed by atoms with Gasteiger partial charge in [0.15, 0.2) is 0 Å². The molecule has 2 aliphatic rings. The van der Waals surface area contributed by atoms with Crippen molar-refractivity contribution in [2.45, 2.75) is 31.0 Å². The standard InChI is InChI=1S/C23H24N4O7S2/c1-2-33-10-15-12-36-22-18(25-20(28)17(24)14-7-8-35-11-14)21(29)26(22)19(15)23(30)34-9-13-3-5-16(6-4-13)27(31)32/h3-8,11,17-18,22H,2,9-10,12,24H2,1H3,(H,25,28)/t17?,18?,22-/m0/s1. The van der Waals surface area contributed by atoms with E-state index in [4.69, 9.17) is 15.2 Å². The number of thiophene rings is 1. The Kier molecular flexibility index (Phi) is 8.04. The number of carbonyl (C=O) groups is 3. The molecule has 36 heavy (non-hydrogen) atoms. The molecule has 190 valence electrons. The van der Waals surface area contributed by atoms with E-state index in [2.05, 4.69) is 5.32 Å². The second-order valence-corrected chi connectivity index (χ2v) is 9.90. The van der Waals surface area contributed by atoms with Crippen LogP contribution >= 0.6 is 23.1 Å². The number of nitro groups is 1. The highest BCUT2D eigenvalue weighted by Gasteiger charge is 2.54. The second kappa shape index (κ2) is 11.2. The van der Waals surface area contributed by atoms with Crippen LogP contribution in [-0.2, 0) is 30.5 Å². The Labute approximate surface area is 214 Å². The number of nitrogens with two attached hydrogens (primary N) is 1. The van der Waals surface area contributed by atoms with Gasteiger partial charge in [0.1, 0.15) is 29.8 Å². The number of thioether (sulfide) groups is 1. The highest BCUT2D eigenvalue weighted by atomic mass is 32.2. The summed E-state index contributed by atoms with van der Waals surface area (Å²) in [6.07, 6.45) is 0. The summed E-state index contributed by atoms with van der Waals surface area (Å²) < 4.78 is 10.9. The minimum atomic E-state index is -0.901. The van der Waals surface area contributed by atoms with E-state index in [1.165, 1.54) is 52.3 Å². The number of amides is 2. The molecule has 1 saturated heterocycles. The first-order chi connectivity index (χ1) is 17.3. The second-order valence-electron chi connectivity index (χ2n) is 8.02. The molecule has 2 unspecified atom stereocenters. The number of esters is 1. The molecule has 3 N–H and O–H groups in total. The molecule has 1 fully saturated rings. The van der Waals surface area contributed by atoms with Crippen molar-refractivity contribution in [1.29, 1.82) is 0 Å². The lowest BCUT2D eigenvalue weighted by molar-refractivity contribution is -0.384. The van der Waals surface area contributed by atoms with Gasteiger partial charge in [0.25, 0.3) is 11.6 Å². The Hall–Kier alpha value is -3.26. The number of ether oxygens (including phenoxy) is 2. The smallest absolute Gasteiger partial charge is 0.355 e. The number of carbonyl (C=O) groups excluding carboxylic acids is 3. The summed E-state index contributed by atoms with van der Waals surface area (Å²) in [5, 5.41) is 16.6. The summed E-state index contributed by atoms with van der Waals surface area (Å²) in [5.41, 5.74) is 7.88. The van der Waals surface area contributed by atoms with E-state index in [9.17, 15) is 24.5 Å². The Morgan fingerprint density at radius 2 is 2.03 bits per heavy atom. The highest BCUT2D eigenvalue weighted by Crippen LogP contribution is 2.41. The van der Waals surface area contributed by atoms with Crippen LogP contribution in [-0.4, -0.2) is 58.0 Å². The van der Waals surface area contributed by atoms with Gasteiger partial charge in [0.05, 0.1) is 11.5 Å². The van der Waals surface area contributed by atoms with Crippen LogP contribution in [0, 0.1) is 10.1 Å². The number of nitrogens with zero attached hydrogens (tertiary/aromatic N) is 2. The lowest BCUT2D eigenvalue weighted by atomic mass is 10.0. The molecule has 4 rings (SSSR count). The van der Waals surface area contributed by atoms with E-state index in [0.29, 0.717) is 29.1 Å². The van der Waals surface area contributed by atoms with Gasteiger partial charge in [0, 0.05) is 24.5 Å². The van der Waals surface area contributed by atoms with Gasteiger partial charge >= 0.3 is 5.97 Å². The van der Waals surface area contributed by atoms with Crippen molar-refractivity contribution in [2.24, 2.45) is 5.73 Å². The van der Waals surface area contributed by atoms with Gasteiger partial charge in [-0.25, -0.2) is 4.79 Å². The van der Waals surface area contributed by atoms with Crippen LogP contribution in [0.1, 0.15) is 24.1 Å². The molecule has 2 amide bonds. The number of benzene rings is 1. The molecule has 3 atom stereocenters. The van der Waals surface area contributed by atoms with E-state index in [-0.39, 0.29) is 24.6 Å². The largest absolute Gasteiger partial charge is 0.456 e. The Morgan fingerprint density at radius 1 is 1.28 bits per heavy atom. The van der Waals surface area contributed by atoms with Gasteiger partial charge < -0.3 is 20.5 Å². The third-order valence-corrected chi connectivity index (χ3v) is 7.76. The summed E-state index contributed by atoms with van der Waals surface area (Å²) in [6, 6.07) is 5.67. The van der Waals surface area contributed by atoms with Gasteiger partial charge in [-0.2, -0.15) is 11.3 Å². The fourth-order valence-corrected chi connectivity index (χ4v) is 5.81. The van der Waals surface area contributed by atoms with Crippen LogP contribution in [0.2, 0.25) is 0 Å². The van der Waals surface area contributed by atoms with Crippen LogP contribution in [0.25, 0.3) is 0 Å². The van der Waals surface area contributed by atoms with Gasteiger partial charge in [-0.05, 0) is 52.6 Å². The van der Waals surface area contributed by atoms with Gasteiger partial charge in [-0.3, -0.25) is 24.6 Å². The summed E-state index contributed by atoms with van der Waals surface area (Å²) in [7, 11) is 0. The molecular formula is C23H24N4O7S2. The van der Waals surface area contributed by atoms with Crippen LogP contribution in [0.4, 0.5) is 5.69 Å². The molecule has 3 heterocycles. The molecule has 13 heteroatoms. The van der Waals surface area contributed by atoms with Gasteiger partial charge in [0.2, 0.25) is 5.91 Å². The third-order valence-electron chi connectivity index (χ3n) is 5.72. The van der Waals surface area contributed by atoms with Crippen LogP contribution < -0.4 is 11.1 Å². The quantitative estimate of drug-likeness (QED) is 0.203. The Balaban J connectivity index is 1.46. The van der Waals surface area contributed by atoms with E-state index in [1.807, 2.05) is 12.3 Å². The summed E-state index contributed by atoms with van der Waals surface area (Å²) >= 11 is 2.84. The van der Waals surface area contributed by atoms with Crippen LogP contribution in [0.5, 0.6) is 0 Å². The van der Waals surface area contributed by atoms with Crippen molar-refractivity contribution in [3.05, 3.63) is 73.6 Å². The number of nitrogens with one attached hydrogen (secondary N) is 1. The molecule has 2 aromatic rings. The number of fused-ring (bicyclic) bond motifs is 1.